The maximum atomic E-state index is 11.6. The minimum Gasteiger partial charge on any atom is -0.458 e. The van der Waals surface area contributed by atoms with E-state index in [2.05, 4.69) is 20.1 Å². The highest BCUT2D eigenvalue weighted by atomic mass is 16.6. The van der Waals surface area contributed by atoms with Crippen molar-refractivity contribution in [3.63, 3.8) is 0 Å². The highest BCUT2D eigenvalue weighted by molar-refractivity contribution is 5.91. The summed E-state index contributed by atoms with van der Waals surface area (Å²) < 4.78 is 5.39. The summed E-state index contributed by atoms with van der Waals surface area (Å²) in [5, 5.41) is 11.1. The second-order valence-electron chi connectivity index (χ2n) is 6.36. The fourth-order valence-corrected chi connectivity index (χ4v) is 4.07. The van der Waals surface area contributed by atoms with Crippen molar-refractivity contribution in [1.29, 1.82) is 0 Å². The fraction of sp³-hybridized carbons (Fsp3) is 0.667. The molecular weight excluding hydrogens is 228 g/mol. The summed E-state index contributed by atoms with van der Waals surface area (Å²) in [5.74, 6) is -0.327. The molecule has 3 fully saturated rings. The molecule has 4 atom stereocenters. The van der Waals surface area contributed by atoms with E-state index in [1.54, 1.807) is 0 Å². The zero-order valence-electron chi connectivity index (χ0n) is 10.9. The molecule has 3 heteroatoms. The zero-order chi connectivity index (χ0) is 13.1. The van der Waals surface area contributed by atoms with Crippen molar-refractivity contribution >= 4 is 5.97 Å². The summed E-state index contributed by atoms with van der Waals surface area (Å²) in [6.07, 6.45) is 4.07. The molecule has 1 heterocycles. The van der Waals surface area contributed by atoms with Crippen molar-refractivity contribution < 1.29 is 14.6 Å². The molecule has 0 amide bonds. The quantitative estimate of drug-likeness (QED) is 0.406. The Morgan fingerprint density at radius 1 is 1.39 bits per heavy atom. The predicted octanol–water partition coefficient (Wildman–Crippen LogP) is 2.36. The van der Waals surface area contributed by atoms with Crippen LogP contribution in [0.5, 0.6) is 0 Å². The molecule has 1 aliphatic heterocycles. The maximum Gasteiger partial charge on any atom is 0.334 e. The molecular formula is C15H20O3. The lowest BCUT2D eigenvalue weighted by molar-refractivity contribution is -0.155. The van der Waals surface area contributed by atoms with Gasteiger partial charge in [-0.25, -0.2) is 4.79 Å². The minimum absolute atomic E-state index is 0.0366. The first-order valence-electron chi connectivity index (χ1n) is 6.68. The third kappa shape index (κ3) is 1.31. The number of carbonyl (C=O) groups is 1. The van der Waals surface area contributed by atoms with Gasteiger partial charge in [-0.3, -0.25) is 0 Å². The molecule has 1 N–H and O–H groups in total. The Balaban J connectivity index is 2.00. The van der Waals surface area contributed by atoms with Crippen LogP contribution in [0.25, 0.3) is 0 Å². The Kier molecular flexibility index (Phi) is 2.31. The van der Waals surface area contributed by atoms with Crippen LogP contribution in [0.1, 0.15) is 39.0 Å². The number of hydrogen-bond donors (Lipinski definition) is 1. The molecule has 0 aromatic rings. The van der Waals surface area contributed by atoms with Crippen LogP contribution in [0.3, 0.4) is 0 Å². The maximum absolute atomic E-state index is 11.6. The highest BCUT2D eigenvalue weighted by Gasteiger charge is 2.60. The zero-order valence-corrected chi connectivity index (χ0v) is 10.9. The normalized spacial score (nSPS) is 47.6. The Morgan fingerprint density at radius 3 is 2.83 bits per heavy atom. The third-order valence-corrected chi connectivity index (χ3v) is 5.37. The molecule has 0 unspecified atom stereocenters. The minimum atomic E-state index is -0.858. The summed E-state index contributed by atoms with van der Waals surface area (Å²) >= 11 is 0. The lowest BCUT2D eigenvalue weighted by Crippen LogP contribution is -2.57. The van der Waals surface area contributed by atoms with Gasteiger partial charge in [0.1, 0.15) is 6.10 Å². The summed E-state index contributed by atoms with van der Waals surface area (Å²) in [6.45, 7) is 9.99. The van der Waals surface area contributed by atoms with Crippen molar-refractivity contribution in [2.75, 3.05) is 0 Å². The fourth-order valence-electron chi connectivity index (χ4n) is 4.07. The average molecular weight is 248 g/mol. The summed E-state index contributed by atoms with van der Waals surface area (Å²) in [7, 11) is 0. The Hall–Kier alpha value is -1.09. The molecule has 98 valence electrons. The van der Waals surface area contributed by atoms with Crippen LogP contribution < -0.4 is 0 Å². The Labute approximate surface area is 108 Å². The van der Waals surface area contributed by atoms with Crippen molar-refractivity contribution in [2.24, 2.45) is 11.3 Å². The van der Waals surface area contributed by atoms with Gasteiger partial charge in [0.05, 0.1) is 5.60 Å². The van der Waals surface area contributed by atoms with E-state index in [0.29, 0.717) is 12.0 Å². The number of rotatable bonds is 0. The van der Waals surface area contributed by atoms with Gasteiger partial charge in [-0.15, -0.1) is 0 Å². The SMILES string of the molecule is C=C1C(=O)O[C@@H]2C[C@@]3(C)CCCC(=C)[C@]3(O)C[C@H]12. The highest BCUT2D eigenvalue weighted by Crippen LogP contribution is 2.58. The average Bonchev–Trinajstić information content (AvgIpc) is 2.55. The van der Waals surface area contributed by atoms with Gasteiger partial charge < -0.3 is 9.84 Å². The monoisotopic (exact) mass is 248 g/mol. The van der Waals surface area contributed by atoms with E-state index in [1.165, 1.54) is 0 Å². The van der Waals surface area contributed by atoms with Crippen LogP contribution >= 0.6 is 0 Å². The Morgan fingerprint density at radius 2 is 2.11 bits per heavy atom. The van der Waals surface area contributed by atoms with Gasteiger partial charge in [0.2, 0.25) is 0 Å². The van der Waals surface area contributed by atoms with Crippen molar-refractivity contribution in [1.82, 2.24) is 0 Å². The van der Waals surface area contributed by atoms with Crippen LogP contribution in [-0.4, -0.2) is 22.8 Å². The first-order chi connectivity index (χ1) is 8.37. The van der Waals surface area contributed by atoms with E-state index in [0.717, 1.165) is 31.3 Å². The van der Waals surface area contributed by atoms with E-state index in [-0.39, 0.29) is 23.4 Å². The van der Waals surface area contributed by atoms with Gasteiger partial charge in [0, 0.05) is 16.9 Å². The van der Waals surface area contributed by atoms with Gasteiger partial charge in [-0.2, -0.15) is 0 Å². The van der Waals surface area contributed by atoms with E-state index in [4.69, 9.17) is 4.74 Å². The van der Waals surface area contributed by atoms with Gasteiger partial charge in [0.25, 0.3) is 0 Å². The third-order valence-electron chi connectivity index (χ3n) is 5.37. The standard InChI is InChI=1S/C15H20O3/c1-9-5-4-6-14(3)8-12-11(7-15(9,14)17)10(2)13(16)18-12/h11-12,17H,1-2,4-8H2,3H3/t11-,12-,14-,15-/m1/s1. The van der Waals surface area contributed by atoms with Crippen molar-refractivity contribution in [3.8, 4) is 0 Å². The second kappa shape index (κ2) is 3.47. The molecule has 0 aromatic carbocycles. The predicted molar refractivity (Wildman–Crippen MR) is 67.8 cm³/mol. The molecule has 18 heavy (non-hydrogen) atoms. The number of ether oxygens (including phenoxy) is 1. The van der Waals surface area contributed by atoms with Crippen LogP contribution in [0.2, 0.25) is 0 Å². The molecule has 0 bridgehead atoms. The summed E-state index contributed by atoms with van der Waals surface area (Å²) in [5.41, 5.74) is 0.369. The molecule has 0 spiro atoms. The van der Waals surface area contributed by atoms with Gasteiger partial charge in [-0.1, -0.05) is 20.1 Å². The molecule has 3 nitrogen and oxygen atoms in total. The number of esters is 1. The van der Waals surface area contributed by atoms with Crippen LogP contribution in [0.4, 0.5) is 0 Å². The lowest BCUT2D eigenvalue weighted by Gasteiger charge is -2.55. The van der Waals surface area contributed by atoms with Crippen LogP contribution in [0, 0.1) is 11.3 Å². The van der Waals surface area contributed by atoms with Gasteiger partial charge in [-0.05, 0) is 37.7 Å². The topological polar surface area (TPSA) is 46.5 Å². The molecule has 2 saturated carbocycles. The van der Waals surface area contributed by atoms with E-state index >= 15 is 0 Å². The molecule has 0 radical (unpaired) electrons. The van der Waals surface area contributed by atoms with Crippen molar-refractivity contribution in [3.05, 3.63) is 24.3 Å². The summed E-state index contributed by atoms with van der Waals surface area (Å²) in [4.78, 5) is 11.6. The van der Waals surface area contributed by atoms with Crippen molar-refractivity contribution in [2.45, 2.75) is 50.7 Å². The van der Waals surface area contributed by atoms with E-state index in [1.807, 2.05) is 0 Å². The number of carbonyl (C=O) groups excluding carboxylic acids is 1. The van der Waals surface area contributed by atoms with Crippen LogP contribution in [0.15, 0.2) is 24.3 Å². The largest absolute Gasteiger partial charge is 0.458 e. The van der Waals surface area contributed by atoms with E-state index < -0.39 is 5.60 Å². The molecule has 0 aromatic heterocycles. The number of aliphatic hydroxyl groups is 1. The van der Waals surface area contributed by atoms with Crippen LogP contribution in [-0.2, 0) is 9.53 Å². The number of hydrogen-bond acceptors (Lipinski definition) is 3. The van der Waals surface area contributed by atoms with E-state index in [9.17, 15) is 9.90 Å². The first-order valence-corrected chi connectivity index (χ1v) is 6.68. The molecule has 1 saturated heterocycles. The second-order valence-corrected chi connectivity index (χ2v) is 6.36. The molecule has 3 rings (SSSR count). The van der Waals surface area contributed by atoms with Gasteiger partial charge in [0.15, 0.2) is 0 Å². The molecule has 3 aliphatic rings. The molecule has 2 aliphatic carbocycles. The number of fused-ring (bicyclic) bond motifs is 2. The smallest absolute Gasteiger partial charge is 0.334 e. The Bertz CT molecular complexity index is 453. The van der Waals surface area contributed by atoms with Gasteiger partial charge >= 0.3 is 5.97 Å². The summed E-state index contributed by atoms with van der Waals surface area (Å²) in [6, 6.07) is 0. The lowest BCUT2D eigenvalue weighted by atomic mass is 9.53. The first kappa shape index (κ1) is 12.0.